The lowest BCUT2D eigenvalue weighted by Crippen LogP contribution is -2.28. The molecule has 0 bridgehead atoms. The van der Waals surface area contributed by atoms with Crippen LogP contribution in [0.5, 0.6) is 11.5 Å². The first-order chi connectivity index (χ1) is 18.6. The number of carbonyl (C=O) groups excluding carboxylic acids is 1. The smallest absolute Gasteiger partial charge is 0.246 e. The minimum atomic E-state index is -0.0154. The largest absolute Gasteiger partial charge is 0.457 e. The number of aromatic nitrogens is 4. The van der Waals surface area contributed by atoms with E-state index in [1.54, 1.807) is 13.2 Å². The van der Waals surface area contributed by atoms with Gasteiger partial charge in [-0.3, -0.25) is 4.79 Å². The highest BCUT2D eigenvalue weighted by Gasteiger charge is 2.30. The highest BCUT2D eigenvalue weighted by Crippen LogP contribution is 2.35. The fourth-order valence-electron chi connectivity index (χ4n) is 4.52. The molecule has 2 aromatic heterocycles. The first-order valence-corrected chi connectivity index (χ1v) is 12.6. The van der Waals surface area contributed by atoms with Gasteiger partial charge in [-0.05, 0) is 42.8 Å². The van der Waals surface area contributed by atoms with Crippen LogP contribution in [0.2, 0.25) is 0 Å². The molecule has 1 amide bonds. The molecule has 1 aliphatic rings. The standard InChI is InChI=1S/C28H31N7O3/c1-37-17-15-30-14-5-8-24(36)34-16-13-21(18-34)35-28-25(27(29)31-19-32-28)26(33-35)20-9-11-23(12-10-20)38-22-6-3-2-4-7-22/h2-12,19,21,30H,13-18H2,1H3,(H2,29,31,32). The number of methoxy groups -OCH3 is 1. The summed E-state index contributed by atoms with van der Waals surface area (Å²) >= 11 is 0. The number of para-hydroxylation sites is 1. The zero-order chi connectivity index (χ0) is 26.3. The number of nitrogens with two attached hydrogens (primary N) is 1. The highest BCUT2D eigenvalue weighted by atomic mass is 16.5. The van der Waals surface area contributed by atoms with E-state index in [1.807, 2.05) is 70.3 Å². The van der Waals surface area contributed by atoms with E-state index in [0.717, 1.165) is 30.0 Å². The lowest BCUT2D eigenvalue weighted by atomic mass is 10.1. The number of amides is 1. The van der Waals surface area contributed by atoms with Gasteiger partial charge in [-0.25, -0.2) is 14.6 Å². The van der Waals surface area contributed by atoms with Crippen LogP contribution in [0.25, 0.3) is 22.3 Å². The predicted molar refractivity (Wildman–Crippen MR) is 146 cm³/mol. The van der Waals surface area contributed by atoms with Crippen LogP contribution >= 0.6 is 0 Å². The van der Waals surface area contributed by atoms with Gasteiger partial charge in [0.2, 0.25) is 5.91 Å². The van der Waals surface area contributed by atoms with Crippen LogP contribution in [-0.4, -0.2) is 70.5 Å². The van der Waals surface area contributed by atoms with E-state index in [4.69, 9.17) is 20.3 Å². The van der Waals surface area contributed by atoms with Crippen molar-refractivity contribution in [1.29, 1.82) is 0 Å². The van der Waals surface area contributed by atoms with Gasteiger partial charge in [-0.2, -0.15) is 5.10 Å². The van der Waals surface area contributed by atoms with Crippen LogP contribution < -0.4 is 15.8 Å². The predicted octanol–water partition coefficient (Wildman–Crippen LogP) is 3.43. The average Bonchev–Trinajstić information content (AvgIpc) is 3.58. The maximum absolute atomic E-state index is 12.7. The van der Waals surface area contributed by atoms with Crippen LogP contribution in [0.4, 0.5) is 5.82 Å². The molecule has 3 N–H and O–H groups in total. The van der Waals surface area contributed by atoms with Gasteiger partial charge in [0.25, 0.3) is 0 Å². The Kier molecular flexibility index (Phi) is 7.91. The van der Waals surface area contributed by atoms with Crippen molar-refractivity contribution in [3.05, 3.63) is 73.1 Å². The summed E-state index contributed by atoms with van der Waals surface area (Å²) < 4.78 is 12.8. The molecule has 5 rings (SSSR count). The molecular weight excluding hydrogens is 482 g/mol. The van der Waals surface area contributed by atoms with Gasteiger partial charge in [0.1, 0.15) is 29.3 Å². The molecular formula is C28H31N7O3. The van der Waals surface area contributed by atoms with Crippen molar-refractivity contribution >= 4 is 22.8 Å². The third kappa shape index (κ3) is 5.66. The number of ether oxygens (including phenoxy) is 2. The van der Waals surface area contributed by atoms with E-state index in [2.05, 4.69) is 15.3 Å². The molecule has 1 aliphatic heterocycles. The molecule has 38 heavy (non-hydrogen) atoms. The summed E-state index contributed by atoms with van der Waals surface area (Å²) in [7, 11) is 1.66. The number of likely N-dealkylation sites (tertiary alicyclic amines) is 1. The molecule has 2 aromatic carbocycles. The third-order valence-corrected chi connectivity index (χ3v) is 6.45. The Labute approximate surface area is 221 Å². The van der Waals surface area contributed by atoms with Crippen LogP contribution in [0, 0.1) is 0 Å². The summed E-state index contributed by atoms with van der Waals surface area (Å²) in [6.45, 7) is 3.18. The number of nitrogen functional groups attached to an aromatic ring is 1. The summed E-state index contributed by atoms with van der Waals surface area (Å²) in [6, 6.07) is 17.3. The van der Waals surface area contributed by atoms with E-state index in [-0.39, 0.29) is 11.9 Å². The molecule has 0 aliphatic carbocycles. The number of benzene rings is 2. The zero-order valence-corrected chi connectivity index (χ0v) is 21.3. The minimum Gasteiger partial charge on any atom is -0.457 e. The number of nitrogens with zero attached hydrogens (tertiary/aromatic N) is 5. The molecule has 1 unspecified atom stereocenters. The van der Waals surface area contributed by atoms with Gasteiger partial charge >= 0.3 is 0 Å². The molecule has 196 valence electrons. The summed E-state index contributed by atoms with van der Waals surface area (Å²) in [5.74, 6) is 1.85. The summed E-state index contributed by atoms with van der Waals surface area (Å²) in [5, 5.41) is 8.83. The van der Waals surface area contributed by atoms with Gasteiger partial charge < -0.3 is 25.4 Å². The van der Waals surface area contributed by atoms with Crippen molar-refractivity contribution < 1.29 is 14.3 Å². The second-order valence-corrected chi connectivity index (χ2v) is 9.02. The number of hydrogen-bond donors (Lipinski definition) is 2. The first kappa shape index (κ1) is 25.4. The van der Waals surface area contributed by atoms with E-state index in [1.165, 1.54) is 6.33 Å². The Morgan fingerprint density at radius 1 is 1.13 bits per heavy atom. The van der Waals surface area contributed by atoms with Crippen molar-refractivity contribution in [3.8, 4) is 22.8 Å². The SMILES string of the molecule is COCCNCC=CC(=O)N1CCC(n2nc(-c3ccc(Oc4ccccc4)cc3)c3c(N)ncnc32)C1. The second-order valence-electron chi connectivity index (χ2n) is 9.02. The normalized spacial score (nSPS) is 15.5. The molecule has 0 saturated carbocycles. The number of hydrogen-bond acceptors (Lipinski definition) is 8. The van der Waals surface area contributed by atoms with E-state index in [9.17, 15) is 4.79 Å². The molecule has 3 heterocycles. The summed E-state index contributed by atoms with van der Waals surface area (Å²) in [6.07, 6.45) is 5.68. The van der Waals surface area contributed by atoms with Crippen molar-refractivity contribution in [2.24, 2.45) is 0 Å². The topological polar surface area (TPSA) is 120 Å². The number of carbonyl (C=O) groups is 1. The maximum atomic E-state index is 12.7. The molecule has 10 heteroatoms. The van der Waals surface area contributed by atoms with E-state index in [0.29, 0.717) is 48.8 Å². The number of rotatable bonds is 10. The lowest BCUT2D eigenvalue weighted by Gasteiger charge is -2.15. The van der Waals surface area contributed by atoms with Gasteiger partial charge in [-0.15, -0.1) is 0 Å². The van der Waals surface area contributed by atoms with Crippen molar-refractivity contribution in [2.45, 2.75) is 12.5 Å². The molecule has 10 nitrogen and oxygen atoms in total. The molecule has 0 spiro atoms. The van der Waals surface area contributed by atoms with E-state index >= 15 is 0 Å². The highest BCUT2D eigenvalue weighted by molar-refractivity contribution is 5.98. The number of anilines is 1. The Bertz CT molecular complexity index is 1400. The minimum absolute atomic E-state index is 0.0131. The quantitative estimate of drug-likeness (QED) is 0.244. The number of fused-ring (bicyclic) bond motifs is 1. The van der Waals surface area contributed by atoms with Crippen LogP contribution in [0.1, 0.15) is 12.5 Å². The first-order valence-electron chi connectivity index (χ1n) is 12.6. The Morgan fingerprint density at radius 3 is 2.71 bits per heavy atom. The van der Waals surface area contributed by atoms with Gasteiger partial charge in [-0.1, -0.05) is 24.3 Å². The van der Waals surface area contributed by atoms with Crippen molar-refractivity contribution in [1.82, 2.24) is 30.0 Å². The fourth-order valence-corrected chi connectivity index (χ4v) is 4.52. The molecule has 1 fully saturated rings. The maximum Gasteiger partial charge on any atom is 0.246 e. The van der Waals surface area contributed by atoms with Gasteiger partial charge in [0.15, 0.2) is 5.65 Å². The molecule has 1 saturated heterocycles. The third-order valence-electron chi connectivity index (χ3n) is 6.45. The Balaban J connectivity index is 1.33. The van der Waals surface area contributed by atoms with Crippen molar-refractivity contribution in [3.63, 3.8) is 0 Å². The molecule has 0 radical (unpaired) electrons. The summed E-state index contributed by atoms with van der Waals surface area (Å²) in [5.41, 5.74) is 8.54. The summed E-state index contributed by atoms with van der Waals surface area (Å²) in [4.78, 5) is 23.3. The van der Waals surface area contributed by atoms with Crippen molar-refractivity contribution in [2.75, 3.05) is 45.6 Å². The second kappa shape index (κ2) is 11.8. The molecule has 4 aromatic rings. The van der Waals surface area contributed by atoms with Crippen LogP contribution in [0.15, 0.2) is 73.1 Å². The molecule has 1 atom stereocenters. The zero-order valence-electron chi connectivity index (χ0n) is 21.3. The van der Waals surface area contributed by atoms with E-state index < -0.39 is 0 Å². The average molecular weight is 514 g/mol. The van der Waals surface area contributed by atoms with Crippen LogP contribution in [0.3, 0.4) is 0 Å². The van der Waals surface area contributed by atoms with Gasteiger partial charge in [0, 0.05) is 44.9 Å². The fraction of sp³-hybridized carbons (Fsp3) is 0.286. The van der Waals surface area contributed by atoms with Gasteiger partial charge in [0.05, 0.1) is 18.0 Å². The number of nitrogens with one attached hydrogen (secondary N) is 1. The van der Waals surface area contributed by atoms with Crippen LogP contribution in [-0.2, 0) is 9.53 Å². The lowest BCUT2D eigenvalue weighted by molar-refractivity contribution is -0.125. The monoisotopic (exact) mass is 513 g/mol. The Morgan fingerprint density at radius 2 is 1.92 bits per heavy atom. The Hall–Kier alpha value is -4.28.